The number of carbonyl (C=O) groups is 3. The molecule has 14 heteroatoms. The third-order valence-electron chi connectivity index (χ3n) is 5.28. The lowest BCUT2D eigenvalue weighted by Crippen LogP contribution is -2.35. The van der Waals surface area contributed by atoms with Crippen LogP contribution in [0.4, 0.5) is 22.4 Å². The highest BCUT2D eigenvalue weighted by atomic mass is 32.2. The van der Waals surface area contributed by atoms with Crippen molar-refractivity contribution in [3.05, 3.63) is 70.0 Å². The number of hydrogen-bond donors (Lipinski definition) is 0. The number of sulfone groups is 1. The van der Waals surface area contributed by atoms with Crippen LogP contribution in [0.15, 0.2) is 47.5 Å². The average molecular weight is 556 g/mol. The molecule has 0 N–H and O–H groups in total. The van der Waals surface area contributed by atoms with Crippen molar-refractivity contribution >= 4 is 55.5 Å². The maximum atomic E-state index is 13.4. The molecule has 194 valence electrons. The van der Waals surface area contributed by atoms with E-state index < -0.39 is 56.0 Å². The number of nitrogens with zero attached hydrogens (tertiary/aromatic N) is 3. The van der Waals surface area contributed by atoms with Gasteiger partial charge in [-0.25, -0.2) is 12.8 Å². The van der Waals surface area contributed by atoms with E-state index in [1.807, 2.05) is 0 Å². The molecule has 0 unspecified atom stereocenters. The zero-order valence-corrected chi connectivity index (χ0v) is 20.6. The van der Waals surface area contributed by atoms with Crippen LogP contribution in [0, 0.1) is 5.82 Å². The summed E-state index contributed by atoms with van der Waals surface area (Å²) in [6.45, 7) is 0.810. The van der Waals surface area contributed by atoms with E-state index in [1.54, 1.807) is 18.2 Å². The summed E-state index contributed by atoms with van der Waals surface area (Å²) in [4.78, 5) is 36.5. The van der Waals surface area contributed by atoms with Crippen molar-refractivity contribution in [2.24, 2.45) is 0 Å². The Labute approximate surface area is 211 Å². The fraction of sp³-hybridized carbons (Fsp3) is 0.217. The Morgan fingerprint density at radius 2 is 1.86 bits per heavy atom. The van der Waals surface area contributed by atoms with E-state index in [2.05, 4.69) is 5.10 Å². The number of halogens is 4. The normalized spacial score (nSPS) is 15.8. The van der Waals surface area contributed by atoms with Crippen molar-refractivity contribution in [1.82, 2.24) is 14.7 Å². The first-order chi connectivity index (χ1) is 17.2. The minimum absolute atomic E-state index is 0.0316. The summed E-state index contributed by atoms with van der Waals surface area (Å²) in [5.41, 5.74) is -0.342. The van der Waals surface area contributed by atoms with E-state index in [4.69, 9.17) is 0 Å². The summed E-state index contributed by atoms with van der Waals surface area (Å²) >= 11 is 0.545. The summed E-state index contributed by atoms with van der Waals surface area (Å²) in [7, 11) is -4.00. The van der Waals surface area contributed by atoms with Gasteiger partial charge in [0.15, 0.2) is 9.84 Å². The van der Waals surface area contributed by atoms with Crippen LogP contribution in [-0.4, -0.2) is 51.7 Å². The molecule has 2 aromatic carbocycles. The quantitative estimate of drug-likeness (QED) is 0.317. The Kier molecular flexibility index (Phi) is 6.99. The molecule has 0 atom stereocenters. The summed E-state index contributed by atoms with van der Waals surface area (Å²) < 4.78 is 78.8. The van der Waals surface area contributed by atoms with E-state index >= 15 is 0 Å². The zero-order valence-electron chi connectivity index (χ0n) is 19.0. The minimum atomic E-state index is -4.75. The van der Waals surface area contributed by atoms with Crippen molar-refractivity contribution in [2.75, 3.05) is 11.6 Å². The molecule has 1 aliphatic rings. The lowest BCUT2D eigenvalue weighted by atomic mass is 10.1. The van der Waals surface area contributed by atoms with Gasteiger partial charge in [0, 0.05) is 5.39 Å². The molecule has 0 radical (unpaired) electrons. The summed E-state index contributed by atoms with van der Waals surface area (Å²) in [5.74, 6) is -4.16. The second-order valence-electron chi connectivity index (χ2n) is 8.25. The molecule has 8 nitrogen and oxygen atoms in total. The van der Waals surface area contributed by atoms with Crippen LogP contribution in [0.5, 0.6) is 0 Å². The number of rotatable bonds is 7. The highest BCUT2D eigenvalue weighted by Crippen LogP contribution is 2.34. The maximum absolute atomic E-state index is 13.4. The predicted molar refractivity (Wildman–Crippen MR) is 127 cm³/mol. The van der Waals surface area contributed by atoms with Gasteiger partial charge in [-0.15, -0.1) is 0 Å². The number of thioether (sulfide) groups is 1. The molecular formula is C23H17F4N3O5S2. The zero-order chi connectivity index (χ0) is 27.1. The largest absolute Gasteiger partial charge is 0.416 e. The predicted octanol–water partition coefficient (Wildman–Crippen LogP) is 4.24. The Morgan fingerprint density at radius 3 is 2.54 bits per heavy atom. The van der Waals surface area contributed by atoms with Crippen LogP contribution >= 0.6 is 11.8 Å². The number of alkyl halides is 3. The first kappa shape index (κ1) is 26.5. The number of carbonyl (C=O) groups excluding carboxylic acids is 3. The van der Waals surface area contributed by atoms with Crippen molar-refractivity contribution in [3.63, 3.8) is 0 Å². The number of aromatic nitrogens is 2. The van der Waals surface area contributed by atoms with Crippen LogP contribution in [0.3, 0.4) is 0 Å². The molecule has 1 aliphatic heterocycles. The number of amides is 2. The van der Waals surface area contributed by atoms with Crippen molar-refractivity contribution in [3.8, 4) is 0 Å². The fourth-order valence-electron chi connectivity index (χ4n) is 3.75. The average Bonchev–Trinajstić information content (AvgIpc) is 3.28. The van der Waals surface area contributed by atoms with Gasteiger partial charge in [0.2, 0.25) is 0 Å². The molecule has 37 heavy (non-hydrogen) atoms. The van der Waals surface area contributed by atoms with Gasteiger partial charge in [-0.2, -0.15) is 18.3 Å². The van der Waals surface area contributed by atoms with Gasteiger partial charge in [0.25, 0.3) is 11.1 Å². The minimum Gasteiger partial charge on any atom is -0.299 e. The Morgan fingerprint density at radius 1 is 1.14 bits per heavy atom. The molecule has 1 aromatic heterocycles. The number of imide groups is 1. The van der Waals surface area contributed by atoms with Gasteiger partial charge in [0.1, 0.15) is 23.2 Å². The van der Waals surface area contributed by atoms with Gasteiger partial charge < -0.3 is 0 Å². The number of Topliss-reactive ketones (excluding diaryl/α,β-unsaturated/α-hetero) is 1. The molecule has 0 bridgehead atoms. The molecular weight excluding hydrogens is 538 g/mol. The van der Waals surface area contributed by atoms with Gasteiger partial charge in [-0.05, 0) is 60.2 Å². The van der Waals surface area contributed by atoms with Gasteiger partial charge in [-0.3, -0.25) is 24.0 Å². The van der Waals surface area contributed by atoms with Crippen LogP contribution in [0.1, 0.15) is 23.6 Å². The SMILES string of the molecule is CC(=O)CS(=O)(=O)CN1C(=O)S/C(=C\c2ccc3c(cnn3Cc3ccc(F)cc3C(F)(F)F)c2)C1=O. The van der Waals surface area contributed by atoms with Crippen molar-refractivity contribution < 1.29 is 40.4 Å². The van der Waals surface area contributed by atoms with Gasteiger partial charge in [0.05, 0.1) is 28.7 Å². The first-order valence-corrected chi connectivity index (χ1v) is 13.1. The van der Waals surface area contributed by atoms with Crippen LogP contribution < -0.4 is 0 Å². The topological polar surface area (TPSA) is 106 Å². The summed E-state index contributed by atoms with van der Waals surface area (Å²) in [5, 5.41) is 3.84. The molecule has 0 aliphatic carbocycles. The number of benzene rings is 2. The standard InChI is InChI=1S/C23H17F4N3O5S2/c1-13(31)11-37(34,35)12-29-21(32)20(36-22(29)33)7-14-2-5-19-16(6-14)9-28-30(19)10-15-3-4-17(24)8-18(15)23(25,26)27/h2-9H,10-12H2,1H3/b20-7-. The van der Waals surface area contributed by atoms with Gasteiger partial charge >= 0.3 is 6.18 Å². The lowest BCUT2D eigenvalue weighted by molar-refractivity contribution is -0.138. The van der Waals surface area contributed by atoms with E-state index in [0.29, 0.717) is 39.2 Å². The number of fused-ring (bicyclic) bond motifs is 1. The molecule has 2 amide bonds. The Balaban J connectivity index is 1.58. The molecule has 4 rings (SSSR count). The maximum Gasteiger partial charge on any atom is 0.416 e. The van der Waals surface area contributed by atoms with Crippen LogP contribution in [0.2, 0.25) is 0 Å². The monoisotopic (exact) mass is 555 g/mol. The third-order valence-corrected chi connectivity index (χ3v) is 7.69. The van der Waals surface area contributed by atoms with Crippen molar-refractivity contribution in [1.29, 1.82) is 0 Å². The van der Waals surface area contributed by atoms with Gasteiger partial charge in [-0.1, -0.05) is 12.1 Å². The number of hydrogen-bond acceptors (Lipinski definition) is 7. The second-order valence-corrected chi connectivity index (χ2v) is 11.3. The molecule has 0 spiro atoms. The van der Waals surface area contributed by atoms with Crippen LogP contribution in [-0.2, 0) is 32.1 Å². The molecule has 1 fully saturated rings. The summed E-state index contributed by atoms with van der Waals surface area (Å²) in [6, 6.07) is 7.12. The van der Waals surface area contributed by atoms with Crippen LogP contribution in [0.25, 0.3) is 17.0 Å². The molecule has 3 aromatic rings. The third kappa shape index (κ3) is 5.91. The molecule has 2 heterocycles. The van der Waals surface area contributed by atoms with E-state index in [-0.39, 0.29) is 17.0 Å². The van der Waals surface area contributed by atoms with Crippen molar-refractivity contribution in [2.45, 2.75) is 19.6 Å². The Bertz CT molecular complexity index is 1580. The lowest BCUT2D eigenvalue weighted by Gasteiger charge is -2.13. The highest BCUT2D eigenvalue weighted by molar-refractivity contribution is 8.18. The fourth-order valence-corrected chi connectivity index (χ4v) is 6.01. The Hall–Kier alpha value is -3.52. The number of ketones is 1. The molecule has 1 saturated heterocycles. The van der Waals surface area contributed by atoms with E-state index in [1.165, 1.54) is 17.0 Å². The summed E-state index contributed by atoms with van der Waals surface area (Å²) in [6.07, 6.45) is -1.97. The smallest absolute Gasteiger partial charge is 0.299 e. The molecule has 0 saturated carbocycles. The van der Waals surface area contributed by atoms with E-state index in [9.17, 15) is 40.4 Å². The van der Waals surface area contributed by atoms with E-state index in [0.717, 1.165) is 19.1 Å². The second kappa shape index (κ2) is 9.74. The highest BCUT2D eigenvalue weighted by Gasteiger charge is 2.38. The first-order valence-electron chi connectivity index (χ1n) is 10.5.